The van der Waals surface area contributed by atoms with Crippen LogP contribution in [0.5, 0.6) is 11.5 Å². The fourth-order valence-electron chi connectivity index (χ4n) is 8.89. The number of hydrogen-bond acceptors (Lipinski definition) is 3. The molecule has 1 aliphatic carbocycles. The van der Waals surface area contributed by atoms with Gasteiger partial charge in [-0.1, -0.05) is 139 Å². The summed E-state index contributed by atoms with van der Waals surface area (Å²) in [4.78, 5) is 2.38. The van der Waals surface area contributed by atoms with E-state index in [1.165, 1.54) is 5.56 Å². The van der Waals surface area contributed by atoms with Gasteiger partial charge in [-0.05, 0) is 71.3 Å². The highest BCUT2D eigenvalue weighted by molar-refractivity contribution is 6.34. The highest BCUT2D eigenvalue weighted by Crippen LogP contribution is 2.65. The molecule has 1 aromatic heterocycles. The predicted molar refractivity (Wildman–Crippen MR) is 216 cm³/mol. The minimum atomic E-state index is -0.653. The summed E-state index contributed by atoms with van der Waals surface area (Å²) in [6.45, 7) is 0. The van der Waals surface area contributed by atoms with Gasteiger partial charge >= 0.3 is 0 Å². The zero-order valence-corrected chi connectivity index (χ0v) is 29.2. The van der Waals surface area contributed by atoms with Crippen molar-refractivity contribution in [1.29, 1.82) is 0 Å². The lowest BCUT2D eigenvalue weighted by molar-refractivity contribution is 0.436. The van der Waals surface area contributed by atoms with Crippen molar-refractivity contribution in [3.05, 3.63) is 209 Å². The lowest BCUT2D eigenvalue weighted by atomic mass is 9.66. The first-order valence-electron chi connectivity index (χ1n) is 17.9. The van der Waals surface area contributed by atoms with E-state index in [1.54, 1.807) is 0 Å². The largest absolute Gasteiger partial charge is 0.457 e. The number of hydrogen-bond donors (Lipinski definition) is 0. The van der Waals surface area contributed by atoms with Gasteiger partial charge in [0.15, 0.2) is 0 Å². The molecule has 0 radical (unpaired) electrons. The maximum absolute atomic E-state index is 7.39. The van der Waals surface area contributed by atoms with Gasteiger partial charge < -0.3 is 14.1 Å². The van der Waals surface area contributed by atoms with Crippen molar-refractivity contribution in [2.45, 2.75) is 5.41 Å². The molecule has 2 heterocycles. The van der Waals surface area contributed by atoms with Crippen LogP contribution >= 0.6 is 11.6 Å². The standard InChI is InChI=1S/C49H30ClNO2/c50-41-24-13-22-39-46(41)47-40(49(39)37-20-8-11-27-44(37)52-45-28-12-9-21-38(45)49)23-14-25-42(47)51(32-17-5-2-6-18-32)33-29-35(31-15-3-1-4-16-31)48-36(30-33)34-19-7-10-26-43(34)53-48/h1-30H. The second-order valence-corrected chi connectivity index (χ2v) is 14.1. The van der Waals surface area contributed by atoms with E-state index in [9.17, 15) is 0 Å². The highest BCUT2D eigenvalue weighted by Gasteiger charge is 2.52. The maximum Gasteiger partial charge on any atom is 0.143 e. The van der Waals surface area contributed by atoms with Gasteiger partial charge in [-0.2, -0.15) is 0 Å². The van der Waals surface area contributed by atoms with E-state index >= 15 is 0 Å². The van der Waals surface area contributed by atoms with Gasteiger partial charge in [0.2, 0.25) is 0 Å². The normalized spacial score (nSPS) is 13.3. The van der Waals surface area contributed by atoms with Gasteiger partial charge in [-0.3, -0.25) is 0 Å². The Labute approximate surface area is 311 Å². The van der Waals surface area contributed by atoms with Gasteiger partial charge in [0.1, 0.15) is 22.7 Å². The number of rotatable bonds is 4. The van der Waals surface area contributed by atoms with Gasteiger partial charge in [-0.15, -0.1) is 0 Å². The summed E-state index contributed by atoms with van der Waals surface area (Å²) in [6, 6.07) is 63.9. The SMILES string of the molecule is Clc1cccc2c1-c1c(N(c3ccccc3)c3cc(-c4ccccc4)c4oc5ccccc5c4c3)cccc1C21c2ccccc2Oc2ccccc21. The van der Waals surface area contributed by atoms with Crippen molar-refractivity contribution in [3.8, 4) is 33.8 Å². The molecule has 0 saturated heterocycles. The fourth-order valence-corrected chi connectivity index (χ4v) is 9.16. The first-order chi connectivity index (χ1) is 26.2. The monoisotopic (exact) mass is 699 g/mol. The summed E-state index contributed by atoms with van der Waals surface area (Å²) in [5, 5.41) is 2.85. The third-order valence-electron chi connectivity index (χ3n) is 11.0. The summed E-state index contributed by atoms with van der Waals surface area (Å²) in [6.07, 6.45) is 0. The molecule has 4 heteroatoms. The first-order valence-corrected chi connectivity index (χ1v) is 18.3. The Hall–Kier alpha value is -6.55. The molecular weight excluding hydrogens is 670 g/mol. The van der Waals surface area contributed by atoms with Crippen molar-refractivity contribution in [3.63, 3.8) is 0 Å². The van der Waals surface area contributed by atoms with E-state index in [4.69, 9.17) is 20.8 Å². The van der Waals surface area contributed by atoms with Crippen LogP contribution in [0, 0.1) is 0 Å². The Kier molecular flexibility index (Phi) is 6.52. The van der Waals surface area contributed by atoms with E-state index in [0.717, 1.165) is 89.4 Å². The molecule has 0 bridgehead atoms. The minimum Gasteiger partial charge on any atom is -0.457 e. The van der Waals surface area contributed by atoms with Crippen molar-refractivity contribution in [2.75, 3.05) is 4.90 Å². The molecule has 0 fully saturated rings. The zero-order chi connectivity index (χ0) is 35.1. The first kappa shape index (κ1) is 30.1. The number of para-hydroxylation sites is 4. The average Bonchev–Trinajstić information content (AvgIpc) is 3.74. The molecule has 11 rings (SSSR count). The molecule has 0 atom stereocenters. The molecule has 9 aromatic rings. The predicted octanol–water partition coefficient (Wildman–Crippen LogP) is 13.8. The third-order valence-corrected chi connectivity index (χ3v) is 11.3. The summed E-state index contributed by atoms with van der Waals surface area (Å²) in [5.74, 6) is 1.69. The van der Waals surface area contributed by atoms with Crippen LogP contribution in [0.25, 0.3) is 44.2 Å². The van der Waals surface area contributed by atoms with Gasteiger partial charge in [-0.25, -0.2) is 0 Å². The quantitative estimate of drug-likeness (QED) is 0.183. The number of anilines is 3. The van der Waals surface area contributed by atoms with Crippen molar-refractivity contribution in [2.24, 2.45) is 0 Å². The number of ether oxygens (including phenoxy) is 1. The number of furan rings is 1. The Morgan fingerprint density at radius 2 is 1.08 bits per heavy atom. The van der Waals surface area contributed by atoms with Crippen molar-refractivity contribution >= 4 is 50.6 Å². The number of benzene rings is 8. The molecule has 0 saturated carbocycles. The van der Waals surface area contributed by atoms with E-state index < -0.39 is 5.41 Å². The molecular formula is C49H30ClNO2. The van der Waals surface area contributed by atoms with Crippen LogP contribution in [0.2, 0.25) is 5.02 Å². The molecule has 53 heavy (non-hydrogen) atoms. The molecule has 0 N–H and O–H groups in total. The van der Waals surface area contributed by atoms with Crippen LogP contribution in [0.15, 0.2) is 186 Å². The fraction of sp³-hybridized carbons (Fsp3) is 0.0204. The molecule has 1 aliphatic heterocycles. The van der Waals surface area contributed by atoms with E-state index in [1.807, 2.05) is 30.3 Å². The number of fused-ring (bicyclic) bond motifs is 12. The molecule has 8 aromatic carbocycles. The summed E-state index contributed by atoms with van der Waals surface area (Å²) < 4.78 is 13.2. The molecule has 2 aliphatic rings. The van der Waals surface area contributed by atoms with E-state index in [0.29, 0.717) is 5.02 Å². The van der Waals surface area contributed by atoms with E-state index in [-0.39, 0.29) is 0 Å². The van der Waals surface area contributed by atoms with Gasteiger partial charge in [0.05, 0.1) is 11.1 Å². The van der Waals surface area contributed by atoms with Crippen LogP contribution in [-0.4, -0.2) is 0 Å². The molecule has 0 amide bonds. The van der Waals surface area contributed by atoms with Gasteiger partial charge in [0.25, 0.3) is 0 Å². The summed E-state index contributed by atoms with van der Waals surface area (Å²) in [7, 11) is 0. The Balaban J connectivity index is 1.27. The molecule has 250 valence electrons. The van der Waals surface area contributed by atoms with Crippen LogP contribution in [0.1, 0.15) is 22.3 Å². The van der Waals surface area contributed by atoms with Crippen LogP contribution in [0.3, 0.4) is 0 Å². The Bertz CT molecular complexity index is 2850. The van der Waals surface area contributed by atoms with Crippen LogP contribution in [0.4, 0.5) is 17.1 Å². The second kappa shape index (κ2) is 11.5. The van der Waals surface area contributed by atoms with Gasteiger partial charge in [0, 0.05) is 55.0 Å². The lowest BCUT2D eigenvalue weighted by Crippen LogP contribution is -2.32. The minimum absolute atomic E-state index is 0.653. The molecule has 3 nitrogen and oxygen atoms in total. The second-order valence-electron chi connectivity index (χ2n) is 13.7. The Morgan fingerprint density at radius 3 is 1.83 bits per heavy atom. The molecule has 0 unspecified atom stereocenters. The molecule has 1 spiro atoms. The number of halogens is 1. The Morgan fingerprint density at radius 1 is 0.472 bits per heavy atom. The topological polar surface area (TPSA) is 25.6 Å². The number of nitrogens with zero attached hydrogens (tertiary/aromatic N) is 1. The highest BCUT2D eigenvalue weighted by atomic mass is 35.5. The van der Waals surface area contributed by atoms with Crippen LogP contribution in [-0.2, 0) is 5.41 Å². The summed E-state index contributed by atoms with van der Waals surface area (Å²) in [5.41, 5.74) is 12.9. The lowest BCUT2D eigenvalue weighted by Gasteiger charge is -2.39. The smallest absolute Gasteiger partial charge is 0.143 e. The maximum atomic E-state index is 7.39. The van der Waals surface area contributed by atoms with E-state index in [2.05, 4.69) is 157 Å². The third kappa shape index (κ3) is 4.23. The summed E-state index contributed by atoms with van der Waals surface area (Å²) >= 11 is 7.39. The van der Waals surface area contributed by atoms with Crippen molar-refractivity contribution < 1.29 is 9.15 Å². The average molecular weight is 700 g/mol. The van der Waals surface area contributed by atoms with Crippen LogP contribution < -0.4 is 9.64 Å². The van der Waals surface area contributed by atoms with Crippen molar-refractivity contribution in [1.82, 2.24) is 0 Å². The zero-order valence-electron chi connectivity index (χ0n) is 28.5.